The number of nitrogens with two attached hydrogens (primary N) is 1. The van der Waals surface area contributed by atoms with E-state index in [1.54, 1.807) is 0 Å². The molecule has 3 nitrogen and oxygen atoms in total. The Morgan fingerprint density at radius 2 is 2.27 bits per heavy atom. The molecule has 0 unspecified atom stereocenters. The number of esters is 1. The summed E-state index contributed by atoms with van der Waals surface area (Å²) in [5.41, 5.74) is 6.80. The maximum Gasteiger partial charge on any atom is 0.307 e. The third-order valence-electron chi connectivity index (χ3n) is 1.89. The smallest absolute Gasteiger partial charge is 0.307 e. The fourth-order valence-electron chi connectivity index (χ4n) is 1.12. The van der Waals surface area contributed by atoms with E-state index >= 15 is 0 Å². The van der Waals surface area contributed by atoms with Gasteiger partial charge in [0.05, 0.1) is 13.5 Å². The van der Waals surface area contributed by atoms with E-state index in [9.17, 15) is 4.79 Å². The van der Waals surface area contributed by atoms with Crippen molar-refractivity contribution in [2.45, 2.75) is 12.5 Å². The molecule has 0 aliphatic carbocycles. The van der Waals surface area contributed by atoms with Gasteiger partial charge in [0.2, 0.25) is 0 Å². The monoisotopic (exact) mass is 341 g/mol. The SMILES string of the molecule is COC(=O)C[C@@H](N)c1cccc(I)c1.Cl. The second-order valence-corrected chi connectivity index (χ2v) is 4.19. The maximum atomic E-state index is 11.0. The summed E-state index contributed by atoms with van der Waals surface area (Å²) in [6.45, 7) is 0. The molecule has 0 fully saturated rings. The first-order chi connectivity index (χ1) is 6.63. The summed E-state index contributed by atoms with van der Waals surface area (Å²) in [5.74, 6) is -0.281. The van der Waals surface area contributed by atoms with E-state index in [1.807, 2.05) is 24.3 Å². The van der Waals surface area contributed by atoms with Crippen LogP contribution in [0.5, 0.6) is 0 Å². The lowest BCUT2D eigenvalue weighted by Gasteiger charge is -2.10. The molecule has 2 N–H and O–H groups in total. The van der Waals surface area contributed by atoms with Gasteiger partial charge in [0.25, 0.3) is 0 Å². The largest absolute Gasteiger partial charge is 0.469 e. The average Bonchev–Trinajstić information content (AvgIpc) is 2.17. The first-order valence-corrected chi connectivity index (χ1v) is 5.29. The number of hydrogen-bond donors (Lipinski definition) is 1. The first-order valence-electron chi connectivity index (χ1n) is 4.21. The minimum atomic E-state index is -0.281. The number of rotatable bonds is 3. The minimum absolute atomic E-state index is 0. The quantitative estimate of drug-likeness (QED) is 0.678. The molecular weight excluding hydrogens is 328 g/mol. The fourth-order valence-corrected chi connectivity index (χ4v) is 1.69. The van der Waals surface area contributed by atoms with E-state index in [0.717, 1.165) is 9.13 Å². The third-order valence-corrected chi connectivity index (χ3v) is 2.56. The standard InChI is InChI=1S/C10H12INO2.ClH/c1-14-10(13)6-9(12)7-3-2-4-8(11)5-7;/h2-5,9H,6,12H2,1H3;1H/t9-;/m1./s1. The highest BCUT2D eigenvalue weighted by Gasteiger charge is 2.11. The summed E-state index contributed by atoms with van der Waals surface area (Å²) < 4.78 is 5.66. The predicted molar refractivity (Wildman–Crippen MR) is 70.0 cm³/mol. The summed E-state index contributed by atoms with van der Waals surface area (Å²) in [7, 11) is 1.36. The Labute approximate surface area is 109 Å². The van der Waals surface area contributed by atoms with Gasteiger partial charge in [-0.15, -0.1) is 12.4 Å². The van der Waals surface area contributed by atoms with Gasteiger partial charge in [0.1, 0.15) is 0 Å². The molecule has 0 saturated heterocycles. The zero-order chi connectivity index (χ0) is 10.6. The van der Waals surface area contributed by atoms with Gasteiger partial charge in [0, 0.05) is 9.61 Å². The molecule has 0 aliphatic heterocycles. The normalized spacial score (nSPS) is 11.4. The van der Waals surface area contributed by atoms with Crippen LogP contribution >= 0.6 is 35.0 Å². The van der Waals surface area contributed by atoms with Crippen molar-refractivity contribution in [2.24, 2.45) is 5.73 Å². The highest BCUT2D eigenvalue weighted by Crippen LogP contribution is 2.16. The van der Waals surface area contributed by atoms with Gasteiger partial charge in [-0.05, 0) is 40.3 Å². The van der Waals surface area contributed by atoms with Gasteiger partial charge in [-0.1, -0.05) is 12.1 Å². The molecule has 5 heteroatoms. The van der Waals surface area contributed by atoms with E-state index in [4.69, 9.17) is 5.73 Å². The van der Waals surface area contributed by atoms with Crippen LogP contribution in [0.15, 0.2) is 24.3 Å². The molecule has 0 aromatic heterocycles. The summed E-state index contributed by atoms with van der Waals surface area (Å²) in [5, 5.41) is 0. The van der Waals surface area contributed by atoms with Crippen LogP contribution in [0.3, 0.4) is 0 Å². The van der Waals surface area contributed by atoms with Crippen LogP contribution in [0, 0.1) is 3.57 Å². The molecule has 0 saturated carbocycles. The van der Waals surface area contributed by atoms with Crippen LogP contribution in [0.25, 0.3) is 0 Å². The Kier molecular flexibility index (Phi) is 6.87. The highest BCUT2D eigenvalue weighted by molar-refractivity contribution is 14.1. The van der Waals surface area contributed by atoms with Gasteiger partial charge >= 0.3 is 5.97 Å². The highest BCUT2D eigenvalue weighted by atomic mass is 127. The molecule has 0 amide bonds. The van der Waals surface area contributed by atoms with Crippen LogP contribution in [0.4, 0.5) is 0 Å². The lowest BCUT2D eigenvalue weighted by Crippen LogP contribution is -2.16. The molecule has 0 radical (unpaired) electrons. The van der Waals surface area contributed by atoms with Crippen molar-refractivity contribution >= 4 is 41.0 Å². The summed E-state index contributed by atoms with van der Waals surface area (Å²) in [6, 6.07) is 7.50. The predicted octanol–water partition coefficient (Wildman–Crippen LogP) is 2.28. The van der Waals surface area contributed by atoms with Crippen molar-refractivity contribution in [2.75, 3.05) is 7.11 Å². The number of carbonyl (C=O) groups excluding carboxylic acids is 1. The molecule has 0 aliphatic rings. The number of benzene rings is 1. The molecule has 0 heterocycles. The van der Waals surface area contributed by atoms with Crippen LogP contribution < -0.4 is 5.73 Å². The topological polar surface area (TPSA) is 52.3 Å². The molecule has 1 rings (SSSR count). The van der Waals surface area contributed by atoms with Crippen molar-refractivity contribution < 1.29 is 9.53 Å². The van der Waals surface area contributed by atoms with Gasteiger partial charge in [-0.2, -0.15) is 0 Å². The zero-order valence-electron chi connectivity index (χ0n) is 8.27. The maximum absolute atomic E-state index is 11.0. The second-order valence-electron chi connectivity index (χ2n) is 2.94. The van der Waals surface area contributed by atoms with Crippen molar-refractivity contribution in [1.82, 2.24) is 0 Å². The molecule has 1 atom stereocenters. The van der Waals surface area contributed by atoms with Gasteiger partial charge in [-0.25, -0.2) is 0 Å². The zero-order valence-corrected chi connectivity index (χ0v) is 11.2. The molecule has 1 aromatic rings. The lowest BCUT2D eigenvalue weighted by atomic mass is 10.1. The molecule has 15 heavy (non-hydrogen) atoms. The summed E-state index contributed by atoms with van der Waals surface area (Å²) in [6.07, 6.45) is 0.219. The molecule has 1 aromatic carbocycles. The van der Waals surface area contributed by atoms with Crippen molar-refractivity contribution in [3.05, 3.63) is 33.4 Å². The van der Waals surface area contributed by atoms with Crippen molar-refractivity contribution in [3.63, 3.8) is 0 Å². The van der Waals surface area contributed by atoms with Crippen LogP contribution in [-0.4, -0.2) is 13.1 Å². The fraction of sp³-hybridized carbons (Fsp3) is 0.300. The van der Waals surface area contributed by atoms with Crippen LogP contribution in [-0.2, 0) is 9.53 Å². The Bertz CT molecular complexity index is 333. The molecule has 84 valence electrons. The lowest BCUT2D eigenvalue weighted by molar-refractivity contribution is -0.141. The summed E-state index contributed by atoms with van der Waals surface area (Å²) >= 11 is 2.21. The van der Waals surface area contributed by atoms with Crippen LogP contribution in [0.1, 0.15) is 18.0 Å². The van der Waals surface area contributed by atoms with E-state index < -0.39 is 0 Å². The van der Waals surface area contributed by atoms with E-state index in [1.165, 1.54) is 7.11 Å². The van der Waals surface area contributed by atoms with Crippen molar-refractivity contribution in [1.29, 1.82) is 0 Å². The third kappa shape index (κ3) is 4.81. The van der Waals surface area contributed by atoms with Gasteiger partial charge < -0.3 is 10.5 Å². The first kappa shape index (κ1) is 14.7. The number of methoxy groups -OCH3 is 1. The van der Waals surface area contributed by atoms with E-state index in [0.29, 0.717) is 0 Å². The van der Waals surface area contributed by atoms with Gasteiger partial charge in [0.15, 0.2) is 0 Å². The average molecular weight is 342 g/mol. The molecular formula is C10H13ClINO2. The number of ether oxygens (including phenoxy) is 1. The Morgan fingerprint density at radius 1 is 1.60 bits per heavy atom. The Balaban J connectivity index is 0.00000196. The molecule has 0 spiro atoms. The van der Waals surface area contributed by atoms with Crippen molar-refractivity contribution in [3.8, 4) is 0 Å². The van der Waals surface area contributed by atoms with E-state index in [-0.39, 0.29) is 30.8 Å². The second kappa shape index (κ2) is 7.03. The summed E-state index contributed by atoms with van der Waals surface area (Å²) in [4.78, 5) is 11.0. The number of carbonyl (C=O) groups is 1. The molecule has 0 bridgehead atoms. The Hall–Kier alpha value is -0.330. The Morgan fingerprint density at radius 3 is 2.80 bits per heavy atom. The number of hydrogen-bond acceptors (Lipinski definition) is 3. The van der Waals surface area contributed by atoms with Gasteiger partial charge in [-0.3, -0.25) is 4.79 Å². The van der Waals surface area contributed by atoms with E-state index in [2.05, 4.69) is 27.3 Å². The minimum Gasteiger partial charge on any atom is -0.469 e. The number of halogens is 2. The van der Waals surface area contributed by atoms with Crippen LogP contribution in [0.2, 0.25) is 0 Å².